The SMILES string of the molecule is CC[C@@H]1C[C@H](C)[C@@]2(NC1=O)O[C@@H](CCO)[C@H](C)[C@H](O)[C@@H]2C. The lowest BCUT2D eigenvalue weighted by atomic mass is 9.69. The molecule has 2 heterocycles. The van der Waals surface area contributed by atoms with Crippen LogP contribution in [0, 0.1) is 23.7 Å². The van der Waals surface area contributed by atoms with Gasteiger partial charge in [-0.2, -0.15) is 0 Å². The second kappa shape index (κ2) is 6.23. The first-order chi connectivity index (χ1) is 9.87. The highest BCUT2D eigenvalue weighted by atomic mass is 16.5. The summed E-state index contributed by atoms with van der Waals surface area (Å²) in [6, 6.07) is 0. The topological polar surface area (TPSA) is 78.8 Å². The van der Waals surface area contributed by atoms with Crippen LogP contribution < -0.4 is 5.32 Å². The van der Waals surface area contributed by atoms with Crippen LogP contribution in [0.4, 0.5) is 0 Å². The smallest absolute Gasteiger partial charge is 0.225 e. The van der Waals surface area contributed by atoms with Gasteiger partial charge < -0.3 is 20.3 Å². The third-order valence-corrected chi connectivity index (χ3v) is 5.63. The lowest BCUT2D eigenvalue weighted by molar-refractivity contribution is -0.264. The van der Waals surface area contributed by atoms with Gasteiger partial charge in [0.15, 0.2) is 0 Å². The third kappa shape index (κ3) is 2.71. The monoisotopic (exact) mass is 299 g/mol. The van der Waals surface area contributed by atoms with E-state index in [9.17, 15) is 15.0 Å². The summed E-state index contributed by atoms with van der Waals surface area (Å²) in [6.07, 6.45) is 1.30. The summed E-state index contributed by atoms with van der Waals surface area (Å²) in [5.41, 5.74) is -0.811. The second-order valence-corrected chi connectivity index (χ2v) is 6.83. The zero-order valence-corrected chi connectivity index (χ0v) is 13.5. The highest BCUT2D eigenvalue weighted by Crippen LogP contribution is 2.45. The second-order valence-electron chi connectivity index (χ2n) is 6.83. The molecule has 0 saturated carbocycles. The fourth-order valence-corrected chi connectivity index (χ4v) is 4.03. The van der Waals surface area contributed by atoms with Gasteiger partial charge in [0.1, 0.15) is 5.72 Å². The Bertz CT molecular complexity index is 388. The molecule has 5 heteroatoms. The summed E-state index contributed by atoms with van der Waals surface area (Å²) < 4.78 is 6.27. The molecule has 0 unspecified atom stereocenters. The maximum Gasteiger partial charge on any atom is 0.225 e. The van der Waals surface area contributed by atoms with Crippen molar-refractivity contribution in [2.45, 2.75) is 64.9 Å². The van der Waals surface area contributed by atoms with Gasteiger partial charge in [-0.25, -0.2) is 0 Å². The van der Waals surface area contributed by atoms with Crippen LogP contribution in [0.5, 0.6) is 0 Å². The number of carbonyl (C=O) groups is 1. The number of piperidine rings is 1. The van der Waals surface area contributed by atoms with Crippen LogP contribution in [0.3, 0.4) is 0 Å². The fourth-order valence-electron chi connectivity index (χ4n) is 4.03. The van der Waals surface area contributed by atoms with E-state index >= 15 is 0 Å². The van der Waals surface area contributed by atoms with E-state index in [1.165, 1.54) is 0 Å². The molecule has 2 saturated heterocycles. The Labute approximate surface area is 127 Å². The van der Waals surface area contributed by atoms with Crippen LogP contribution in [0.25, 0.3) is 0 Å². The number of rotatable bonds is 3. The zero-order chi connectivity index (χ0) is 15.8. The number of amides is 1. The average molecular weight is 299 g/mol. The quantitative estimate of drug-likeness (QED) is 0.733. The van der Waals surface area contributed by atoms with Gasteiger partial charge in [0, 0.05) is 30.3 Å². The normalized spacial score (nSPS) is 47.4. The van der Waals surface area contributed by atoms with Crippen LogP contribution >= 0.6 is 0 Å². The number of hydrogen-bond acceptors (Lipinski definition) is 4. The van der Waals surface area contributed by atoms with Crippen LogP contribution in [0.2, 0.25) is 0 Å². The number of carbonyl (C=O) groups excluding carboxylic acids is 1. The van der Waals surface area contributed by atoms with E-state index < -0.39 is 11.8 Å². The van der Waals surface area contributed by atoms with E-state index in [1.807, 2.05) is 20.8 Å². The minimum atomic E-state index is -0.811. The van der Waals surface area contributed by atoms with Gasteiger partial charge in [0.05, 0.1) is 12.2 Å². The van der Waals surface area contributed by atoms with E-state index in [2.05, 4.69) is 12.2 Å². The Balaban J connectivity index is 2.28. The van der Waals surface area contributed by atoms with E-state index in [-0.39, 0.29) is 42.3 Å². The summed E-state index contributed by atoms with van der Waals surface area (Å²) in [5, 5.41) is 22.9. The lowest BCUT2D eigenvalue weighted by Crippen LogP contribution is -2.70. The van der Waals surface area contributed by atoms with Crippen LogP contribution in [0.1, 0.15) is 47.0 Å². The molecule has 2 aliphatic heterocycles. The first-order valence-electron chi connectivity index (χ1n) is 8.16. The molecule has 122 valence electrons. The van der Waals surface area contributed by atoms with Crippen molar-refractivity contribution in [3.63, 3.8) is 0 Å². The average Bonchev–Trinajstić information content (AvgIpc) is 2.46. The summed E-state index contributed by atoms with van der Waals surface area (Å²) in [6.45, 7) is 8.01. The number of hydrogen-bond donors (Lipinski definition) is 3. The molecule has 0 aromatic carbocycles. The molecule has 2 fully saturated rings. The minimum absolute atomic E-state index is 0.0199. The van der Waals surface area contributed by atoms with Crippen molar-refractivity contribution in [2.75, 3.05) is 6.61 Å². The van der Waals surface area contributed by atoms with Crippen molar-refractivity contribution in [2.24, 2.45) is 23.7 Å². The Morgan fingerprint density at radius 2 is 2.05 bits per heavy atom. The largest absolute Gasteiger partial charge is 0.396 e. The van der Waals surface area contributed by atoms with Gasteiger partial charge in [-0.05, 0) is 19.3 Å². The highest BCUT2D eigenvalue weighted by Gasteiger charge is 2.56. The molecule has 0 bridgehead atoms. The van der Waals surface area contributed by atoms with E-state index in [0.717, 1.165) is 12.8 Å². The number of aliphatic hydroxyl groups excluding tert-OH is 2. The Hall–Kier alpha value is -0.650. The first-order valence-corrected chi connectivity index (χ1v) is 8.16. The van der Waals surface area contributed by atoms with E-state index in [0.29, 0.717) is 6.42 Å². The van der Waals surface area contributed by atoms with Gasteiger partial charge in [-0.15, -0.1) is 0 Å². The maximum absolute atomic E-state index is 12.3. The molecule has 0 aromatic heterocycles. The summed E-state index contributed by atoms with van der Waals surface area (Å²) >= 11 is 0. The van der Waals surface area contributed by atoms with Crippen molar-refractivity contribution in [1.29, 1.82) is 0 Å². The van der Waals surface area contributed by atoms with Crippen molar-refractivity contribution in [1.82, 2.24) is 5.32 Å². The molecule has 5 nitrogen and oxygen atoms in total. The predicted molar refractivity (Wildman–Crippen MR) is 79.3 cm³/mol. The van der Waals surface area contributed by atoms with Gasteiger partial charge in [-0.1, -0.05) is 27.7 Å². The van der Waals surface area contributed by atoms with Crippen molar-refractivity contribution in [3.8, 4) is 0 Å². The Kier molecular flexibility index (Phi) is 4.96. The molecule has 1 spiro atoms. The van der Waals surface area contributed by atoms with Crippen molar-refractivity contribution in [3.05, 3.63) is 0 Å². The van der Waals surface area contributed by atoms with Gasteiger partial charge in [0.2, 0.25) is 5.91 Å². The van der Waals surface area contributed by atoms with Crippen molar-refractivity contribution < 1.29 is 19.7 Å². The maximum atomic E-state index is 12.3. The molecule has 0 aliphatic carbocycles. The van der Waals surface area contributed by atoms with Gasteiger partial charge >= 0.3 is 0 Å². The number of aliphatic hydroxyl groups is 2. The standard InChI is InChI=1S/C16H29NO4/c1-5-12-8-9(2)16(17-15(12)20)11(4)14(19)10(3)13(21-16)6-7-18/h9-14,18-19H,5-8H2,1-4H3,(H,17,20)/t9-,10-,11-,12+,13-,14-,16+/m0/s1. The number of ether oxygens (including phenoxy) is 1. The van der Waals surface area contributed by atoms with Crippen LogP contribution in [-0.2, 0) is 9.53 Å². The summed E-state index contributed by atoms with van der Waals surface area (Å²) in [7, 11) is 0. The van der Waals surface area contributed by atoms with Crippen molar-refractivity contribution >= 4 is 5.91 Å². The predicted octanol–water partition coefficient (Wildman–Crippen LogP) is 1.28. The summed E-state index contributed by atoms with van der Waals surface area (Å²) in [5.74, 6) is -0.0374. The first kappa shape index (κ1) is 16.7. The summed E-state index contributed by atoms with van der Waals surface area (Å²) in [4.78, 5) is 12.3. The lowest BCUT2D eigenvalue weighted by Gasteiger charge is -2.56. The molecule has 0 aromatic rings. The molecule has 7 atom stereocenters. The van der Waals surface area contributed by atoms with Crippen LogP contribution in [0.15, 0.2) is 0 Å². The van der Waals surface area contributed by atoms with E-state index in [1.54, 1.807) is 0 Å². The van der Waals surface area contributed by atoms with Crippen LogP contribution in [-0.4, -0.2) is 40.7 Å². The molecular formula is C16H29NO4. The molecule has 2 rings (SSSR count). The van der Waals surface area contributed by atoms with Gasteiger partial charge in [-0.3, -0.25) is 4.79 Å². The Morgan fingerprint density at radius 1 is 1.38 bits per heavy atom. The number of nitrogens with one attached hydrogen (secondary N) is 1. The molecule has 0 radical (unpaired) electrons. The molecular weight excluding hydrogens is 270 g/mol. The highest BCUT2D eigenvalue weighted by molar-refractivity contribution is 5.80. The van der Waals surface area contributed by atoms with E-state index in [4.69, 9.17) is 4.74 Å². The zero-order valence-electron chi connectivity index (χ0n) is 13.5. The molecule has 1 amide bonds. The van der Waals surface area contributed by atoms with Gasteiger partial charge in [0.25, 0.3) is 0 Å². The minimum Gasteiger partial charge on any atom is -0.396 e. The third-order valence-electron chi connectivity index (χ3n) is 5.63. The molecule has 21 heavy (non-hydrogen) atoms. The molecule has 2 aliphatic rings. The molecule has 3 N–H and O–H groups in total. The Morgan fingerprint density at radius 3 is 2.62 bits per heavy atom. The fraction of sp³-hybridized carbons (Fsp3) is 0.938.